The van der Waals surface area contributed by atoms with Gasteiger partial charge in [-0.25, -0.2) is 4.98 Å². The van der Waals surface area contributed by atoms with Crippen molar-refractivity contribution in [2.75, 3.05) is 5.32 Å². The molecule has 0 unspecified atom stereocenters. The van der Waals surface area contributed by atoms with Gasteiger partial charge in [-0.2, -0.15) is 0 Å². The number of nitrogens with one attached hydrogen (secondary N) is 1. The zero-order valence-electron chi connectivity index (χ0n) is 14.8. The number of carbonyl (C=O) groups excluding carboxylic acids is 1. The van der Waals surface area contributed by atoms with E-state index in [9.17, 15) is 4.79 Å². The van der Waals surface area contributed by atoms with Crippen molar-refractivity contribution in [3.8, 4) is 21.8 Å². The lowest BCUT2D eigenvalue weighted by Crippen LogP contribution is -2.07. The molecule has 0 saturated carbocycles. The molecule has 0 radical (unpaired) electrons. The second kappa shape index (κ2) is 8.41. The Morgan fingerprint density at radius 3 is 2.58 bits per heavy atom. The van der Waals surface area contributed by atoms with Crippen LogP contribution in [0.1, 0.15) is 12.5 Å². The third kappa shape index (κ3) is 4.35. The summed E-state index contributed by atoms with van der Waals surface area (Å²) in [6.07, 6.45) is 6.91. The molecule has 2 aromatic carbocycles. The maximum absolute atomic E-state index is 11.8. The number of thiazole rings is 1. The molecule has 1 N–H and O–H groups in total. The second-order valence-electron chi connectivity index (χ2n) is 5.80. The number of amides is 1. The Labute approximate surface area is 157 Å². The van der Waals surface area contributed by atoms with Gasteiger partial charge < -0.3 is 5.32 Å². The van der Waals surface area contributed by atoms with E-state index in [0.717, 1.165) is 22.0 Å². The van der Waals surface area contributed by atoms with Gasteiger partial charge in [-0.05, 0) is 31.5 Å². The minimum absolute atomic E-state index is 0.147. The predicted molar refractivity (Wildman–Crippen MR) is 110 cm³/mol. The van der Waals surface area contributed by atoms with Crippen molar-refractivity contribution in [3.63, 3.8) is 0 Å². The van der Waals surface area contributed by atoms with E-state index < -0.39 is 0 Å². The topological polar surface area (TPSA) is 42.0 Å². The Kier molecular flexibility index (Phi) is 5.77. The molecule has 130 valence electrons. The fourth-order valence-corrected chi connectivity index (χ4v) is 3.42. The summed E-state index contributed by atoms with van der Waals surface area (Å²) in [6, 6.07) is 16.0. The van der Waals surface area contributed by atoms with Crippen LogP contribution in [-0.4, -0.2) is 10.9 Å². The molecule has 3 nitrogen and oxygen atoms in total. The highest BCUT2D eigenvalue weighted by Crippen LogP contribution is 2.31. The summed E-state index contributed by atoms with van der Waals surface area (Å²) in [5, 5.41) is 5.92. The van der Waals surface area contributed by atoms with Crippen molar-refractivity contribution < 1.29 is 4.79 Å². The minimum Gasteiger partial charge on any atom is -0.323 e. The summed E-state index contributed by atoms with van der Waals surface area (Å²) < 4.78 is 0. The summed E-state index contributed by atoms with van der Waals surface area (Å²) in [4.78, 5) is 16.6. The SMILES string of the molecule is C/C=C/C=C/C(=O)Nc1ccc(-c2csc(-c3ccccc3C)n2)cc1. The Bertz CT molecular complexity index is 952. The molecule has 1 aromatic heterocycles. The zero-order chi connectivity index (χ0) is 18.4. The monoisotopic (exact) mass is 360 g/mol. The fourth-order valence-electron chi connectivity index (χ4n) is 2.51. The van der Waals surface area contributed by atoms with Gasteiger partial charge in [-0.3, -0.25) is 4.79 Å². The van der Waals surface area contributed by atoms with Crippen LogP contribution in [0.5, 0.6) is 0 Å². The number of benzene rings is 2. The van der Waals surface area contributed by atoms with Crippen molar-refractivity contribution in [2.45, 2.75) is 13.8 Å². The molecule has 3 aromatic rings. The maximum atomic E-state index is 11.8. The van der Waals surface area contributed by atoms with Crippen LogP contribution in [0.15, 0.2) is 78.2 Å². The molecule has 3 rings (SSSR count). The number of allylic oxidation sites excluding steroid dienone is 3. The molecule has 0 aliphatic carbocycles. The maximum Gasteiger partial charge on any atom is 0.248 e. The normalized spacial score (nSPS) is 11.3. The van der Waals surface area contributed by atoms with E-state index in [1.54, 1.807) is 17.4 Å². The van der Waals surface area contributed by atoms with Crippen LogP contribution in [0.3, 0.4) is 0 Å². The third-order valence-corrected chi connectivity index (χ3v) is 4.75. The molecule has 1 heterocycles. The van der Waals surface area contributed by atoms with Gasteiger partial charge in [0.1, 0.15) is 5.01 Å². The molecule has 4 heteroatoms. The minimum atomic E-state index is -0.147. The number of nitrogens with zero attached hydrogens (tertiary/aromatic N) is 1. The lowest BCUT2D eigenvalue weighted by Gasteiger charge is -2.03. The first kappa shape index (κ1) is 17.8. The summed E-state index contributed by atoms with van der Waals surface area (Å²) in [5.41, 5.74) is 5.12. The molecular weight excluding hydrogens is 340 g/mol. The number of hydrogen-bond donors (Lipinski definition) is 1. The Morgan fingerprint density at radius 1 is 1.08 bits per heavy atom. The summed E-state index contributed by atoms with van der Waals surface area (Å²) in [7, 11) is 0. The highest BCUT2D eigenvalue weighted by Gasteiger charge is 2.08. The van der Waals surface area contributed by atoms with Crippen molar-refractivity contribution in [1.29, 1.82) is 0 Å². The van der Waals surface area contributed by atoms with Crippen LogP contribution < -0.4 is 5.32 Å². The molecular formula is C22H20N2OS. The smallest absolute Gasteiger partial charge is 0.248 e. The second-order valence-corrected chi connectivity index (χ2v) is 6.66. The summed E-state index contributed by atoms with van der Waals surface area (Å²) in [6.45, 7) is 4.00. The third-order valence-electron chi connectivity index (χ3n) is 3.88. The molecule has 0 bridgehead atoms. The van der Waals surface area contributed by atoms with E-state index in [1.165, 1.54) is 17.2 Å². The average molecular weight is 360 g/mol. The molecule has 0 atom stereocenters. The number of anilines is 1. The lowest BCUT2D eigenvalue weighted by molar-refractivity contribution is -0.111. The van der Waals surface area contributed by atoms with E-state index in [2.05, 4.69) is 29.8 Å². The highest BCUT2D eigenvalue weighted by atomic mass is 32.1. The van der Waals surface area contributed by atoms with Crippen molar-refractivity contribution in [3.05, 3.63) is 83.8 Å². The van der Waals surface area contributed by atoms with Crippen LogP contribution >= 0.6 is 11.3 Å². The van der Waals surface area contributed by atoms with Crippen molar-refractivity contribution in [2.24, 2.45) is 0 Å². The molecule has 0 aliphatic rings. The van der Waals surface area contributed by atoms with E-state index in [4.69, 9.17) is 4.98 Å². The first-order chi connectivity index (χ1) is 12.7. The number of aryl methyl sites for hydroxylation is 1. The van der Waals surface area contributed by atoms with Crippen LogP contribution in [-0.2, 0) is 4.79 Å². The van der Waals surface area contributed by atoms with Gasteiger partial charge in [0.2, 0.25) is 5.91 Å². The van der Waals surface area contributed by atoms with Crippen molar-refractivity contribution in [1.82, 2.24) is 4.98 Å². The Morgan fingerprint density at radius 2 is 1.85 bits per heavy atom. The van der Waals surface area contributed by atoms with Crippen molar-refractivity contribution >= 4 is 22.9 Å². The van der Waals surface area contributed by atoms with Gasteiger partial charge in [-0.1, -0.05) is 54.6 Å². The van der Waals surface area contributed by atoms with E-state index in [0.29, 0.717) is 0 Å². The Hall–Kier alpha value is -2.98. The fraction of sp³-hybridized carbons (Fsp3) is 0.0909. The lowest BCUT2D eigenvalue weighted by atomic mass is 10.1. The summed E-state index contributed by atoms with van der Waals surface area (Å²) in [5.74, 6) is -0.147. The molecule has 0 spiro atoms. The van der Waals surface area contributed by atoms with Crippen LogP contribution in [0.25, 0.3) is 21.8 Å². The molecule has 1 amide bonds. The molecule has 0 saturated heterocycles. The standard InChI is InChI=1S/C22H20N2OS/c1-3-4-5-10-21(25)23-18-13-11-17(12-14-18)20-15-26-22(24-20)19-9-7-6-8-16(19)2/h3-15H,1-2H3,(H,23,25)/b4-3+,10-5+. The average Bonchev–Trinajstić information content (AvgIpc) is 3.13. The van der Waals surface area contributed by atoms with Gasteiger partial charge >= 0.3 is 0 Å². The highest BCUT2D eigenvalue weighted by molar-refractivity contribution is 7.13. The molecule has 0 aliphatic heterocycles. The van der Waals surface area contributed by atoms with Crippen LogP contribution in [0.4, 0.5) is 5.69 Å². The van der Waals surface area contributed by atoms with Gasteiger partial charge in [0.25, 0.3) is 0 Å². The Balaban J connectivity index is 1.73. The van der Waals surface area contributed by atoms with Gasteiger partial charge in [0.05, 0.1) is 5.69 Å². The first-order valence-electron chi connectivity index (χ1n) is 8.39. The van der Waals surface area contributed by atoms with Gasteiger partial charge in [-0.15, -0.1) is 11.3 Å². The predicted octanol–water partition coefficient (Wildman–Crippen LogP) is 5.86. The van der Waals surface area contributed by atoms with E-state index in [1.807, 2.05) is 55.5 Å². The van der Waals surface area contributed by atoms with E-state index in [-0.39, 0.29) is 5.91 Å². The number of rotatable bonds is 5. The quantitative estimate of drug-likeness (QED) is 0.457. The number of hydrogen-bond acceptors (Lipinski definition) is 3. The zero-order valence-corrected chi connectivity index (χ0v) is 15.6. The van der Waals surface area contributed by atoms with Crippen LogP contribution in [0.2, 0.25) is 0 Å². The molecule has 0 fully saturated rings. The van der Waals surface area contributed by atoms with Crippen LogP contribution in [0, 0.1) is 6.92 Å². The number of aromatic nitrogens is 1. The summed E-state index contributed by atoms with van der Waals surface area (Å²) >= 11 is 1.64. The largest absolute Gasteiger partial charge is 0.323 e. The van der Waals surface area contributed by atoms with Gasteiger partial charge in [0, 0.05) is 28.3 Å². The number of carbonyl (C=O) groups is 1. The van der Waals surface area contributed by atoms with E-state index >= 15 is 0 Å². The molecule has 26 heavy (non-hydrogen) atoms. The van der Waals surface area contributed by atoms with Gasteiger partial charge in [0.15, 0.2) is 0 Å². The first-order valence-corrected chi connectivity index (χ1v) is 9.27.